The Hall–Kier alpha value is -1.07. The molecule has 0 radical (unpaired) electrons. The van der Waals surface area contributed by atoms with Crippen molar-refractivity contribution in [1.82, 2.24) is 4.90 Å². The lowest BCUT2D eigenvalue weighted by Crippen LogP contribution is -2.47. The molecule has 150 valence electrons. The van der Waals surface area contributed by atoms with Crippen LogP contribution < -0.4 is 0 Å². The van der Waals surface area contributed by atoms with Crippen molar-refractivity contribution in [2.24, 2.45) is 0 Å². The summed E-state index contributed by atoms with van der Waals surface area (Å²) in [5, 5.41) is 10.1. The summed E-state index contributed by atoms with van der Waals surface area (Å²) in [4.78, 5) is 2.36. The molecule has 1 saturated heterocycles. The number of hydrogen-bond acceptors (Lipinski definition) is 2. The van der Waals surface area contributed by atoms with Crippen LogP contribution in [0.4, 0.5) is 13.2 Å². The molecule has 1 aromatic rings. The first kappa shape index (κ1) is 23.0. The fourth-order valence-electron chi connectivity index (χ4n) is 3.54. The zero-order chi connectivity index (χ0) is 20.2. The van der Waals surface area contributed by atoms with E-state index < -0.39 is 17.3 Å². The van der Waals surface area contributed by atoms with Crippen LogP contribution in [0.15, 0.2) is 24.3 Å². The summed E-state index contributed by atoms with van der Waals surface area (Å²) in [6.07, 6.45) is -1.91. The second-order valence-electron chi connectivity index (χ2n) is 8.05. The maximum absolute atomic E-state index is 12.7. The first-order chi connectivity index (χ1) is 11.9. The summed E-state index contributed by atoms with van der Waals surface area (Å²) in [5.74, 6) is 0. The molecule has 0 spiro atoms. The number of likely N-dealkylation sites (tertiary alicyclic amines) is 1. The molecule has 0 aromatic heterocycles. The van der Waals surface area contributed by atoms with Gasteiger partial charge in [0, 0.05) is 19.1 Å². The Morgan fingerprint density at radius 2 is 1.46 bits per heavy atom. The molecule has 1 heterocycles. The molecule has 1 aliphatic rings. The fourth-order valence-corrected chi connectivity index (χ4v) is 3.54. The largest absolute Gasteiger partial charge is 0.416 e. The van der Waals surface area contributed by atoms with Crippen molar-refractivity contribution in [1.29, 1.82) is 0 Å². The minimum Gasteiger partial charge on any atom is -0.390 e. The maximum atomic E-state index is 12.7. The summed E-state index contributed by atoms with van der Waals surface area (Å²) in [7, 11) is 0. The highest BCUT2D eigenvalue weighted by molar-refractivity contribution is 5.29. The van der Waals surface area contributed by atoms with E-state index in [1.54, 1.807) is 12.1 Å². The first-order valence-electron chi connectivity index (χ1n) is 9.55. The molecule has 0 saturated carbocycles. The van der Waals surface area contributed by atoms with E-state index in [1.807, 2.05) is 20.8 Å². The topological polar surface area (TPSA) is 23.5 Å². The average Bonchev–Trinajstić information content (AvgIpc) is 2.55. The minimum atomic E-state index is -4.29. The molecular formula is C21H34F3NO. The van der Waals surface area contributed by atoms with Gasteiger partial charge in [0.15, 0.2) is 0 Å². The molecule has 0 bridgehead atoms. The van der Waals surface area contributed by atoms with E-state index in [0.29, 0.717) is 6.04 Å². The number of piperidine rings is 1. The van der Waals surface area contributed by atoms with Crippen LogP contribution in [0.5, 0.6) is 0 Å². The summed E-state index contributed by atoms with van der Waals surface area (Å²) >= 11 is 0. The number of nitrogens with zero attached hydrogens (tertiary/aromatic N) is 1. The second-order valence-corrected chi connectivity index (χ2v) is 8.05. The Morgan fingerprint density at radius 1 is 1.04 bits per heavy atom. The van der Waals surface area contributed by atoms with Crippen LogP contribution in [0.25, 0.3) is 0 Å². The van der Waals surface area contributed by atoms with Crippen molar-refractivity contribution >= 4 is 0 Å². The highest BCUT2D eigenvalue weighted by Gasteiger charge is 2.33. The lowest BCUT2D eigenvalue weighted by atomic mass is 9.78. The van der Waals surface area contributed by atoms with Crippen LogP contribution >= 0.6 is 0 Å². The molecule has 26 heavy (non-hydrogen) atoms. The van der Waals surface area contributed by atoms with Crippen molar-refractivity contribution < 1.29 is 18.3 Å². The molecule has 1 aliphatic heterocycles. The van der Waals surface area contributed by atoms with Gasteiger partial charge in [-0.05, 0) is 56.2 Å². The number of halogens is 3. The molecule has 1 N–H and O–H groups in total. The molecule has 0 amide bonds. The third kappa shape index (κ3) is 6.27. The van der Waals surface area contributed by atoms with Crippen molar-refractivity contribution in [2.45, 2.75) is 84.0 Å². The normalized spacial score (nSPS) is 19.5. The van der Waals surface area contributed by atoms with Gasteiger partial charge in [0.25, 0.3) is 0 Å². The Balaban J connectivity index is 0.00000163. The van der Waals surface area contributed by atoms with Gasteiger partial charge in [0.1, 0.15) is 0 Å². The molecule has 2 rings (SSSR count). The predicted octanol–water partition coefficient (Wildman–Crippen LogP) is 5.63. The Kier molecular flexibility index (Phi) is 7.73. The highest BCUT2D eigenvalue weighted by atomic mass is 19.4. The third-order valence-corrected chi connectivity index (χ3v) is 5.30. The fraction of sp³-hybridized carbons (Fsp3) is 0.714. The number of aliphatic hydroxyl groups is 1. The summed E-state index contributed by atoms with van der Waals surface area (Å²) in [6.45, 7) is 13.9. The third-order valence-electron chi connectivity index (χ3n) is 5.30. The van der Waals surface area contributed by atoms with Crippen LogP contribution in [0.2, 0.25) is 0 Å². The monoisotopic (exact) mass is 373 g/mol. The standard InChI is InChI=1S/C19H28F3NO.C2H6/c1-14(23-11-9-18(4,24)10-12-23)13-17(2,3)15-5-7-16(8-6-15)19(20,21)22;1-2/h5-8,14,24H,9-13H2,1-4H3;1-2H3. The SMILES string of the molecule is CC.CC(CC(C)(C)c1ccc(C(F)(F)F)cc1)N1CCC(C)(O)CC1. The minimum absolute atomic E-state index is 0.205. The van der Waals surface area contributed by atoms with E-state index in [0.717, 1.165) is 37.9 Å². The number of rotatable bonds is 4. The Labute approximate surface area is 156 Å². The van der Waals surface area contributed by atoms with Crippen LogP contribution in [-0.4, -0.2) is 34.7 Å². The van der Waals surface area contributed by atoms with Gasteiger partial charge >= 0.3 is 6.18 Å². The van der Waals surface area contributed by atoms with E-state index in [-0.39, 0.29) is 5.41 Å². The molecule has 2 nitrogen and oxygen atoms in total. The Morgan fingerprint density at radius 3 is 1.88 bits per heavy atom. The lowest BCUT2D eigenvalue weighted by molar-refractivity contribution is -0.137. The van der Waals surface area contributed by atoms with E-state index in [1.165, 1.54) is 12.1 Å². The zero-order valence-corrected chi connectivity index (χ0v) is 17.0. The van der Waals surface area contributed by atoms with Gasteiger partial charge in [-0.1, -0.05) is 39.8 Å². The molecule has 0 aliphatic carbocycles. The summed E-state index contributed by atoms with van der Waals surface area (Å²) in [5.41, 5.74) is -0.456. The zero-order valence-electron chi connectivity index (χ0n) is 17.0. The first-order valence-corrected chi connectivity index (χ1v) is 9.55. The Bertz CT molecular complexity index is 539. The predicted molar refractivity (Wildman–Crippen MR) is 101 cm³/mol. The smallest absolute Gasteiger partial charge is 0.390 e. The van der Waals surface area contributed by atoms with Crippen molar-refractivity contribution in [3.8, 4) is 0 Å². The molecule has 1 aromatic carbocycles. The number of hydrogen-bond donors (Lipinski definition) is 1. The van der Waals surface area contributed by atoms with E-state index in [4.69, 9.17) is 0 Å². The van der Waals surface area contributed by atoms with Crippen LogP contribution in [0.3, 0.4) is 0 Å². The second kappa shape index (κ2) is 8.75. The maximum Gasteiger partial charge on any atom is 0.416 e. The summed E-state index contributed by atoms with van der Waals surface area (Å²) in [6, 6.07) is 5.84. The van der Waals surface area contributed by atoms with Gasteiger partial charge in [-0.2, -0.15) is 13.2 Å². The van der Waals surface area contributed by atoms with E-state index >= 15 is 0 Å². The van der Waals surface area contributed by atoms with Crippen molar-refractivity contribution in [3.05, 3.63) is 35.4 Å². The molecule has 5 heteroatoms. The molecular weight excluding hydrogens is 339 g/mol. The van der Waals surface area contributed by atoms with Gasteiger partial charge in [-0.3, -0.25) is 0 Å². The van der Waals surface area contributed by atoms with Crippen molar-refractivity contribution in [2.75, 3.05) is 13.1 Å². The van der Waals surface area contributed by atoms with Crippen LogP contribution in [0, 0.1) is 0 Å². The average molecular weight is 374 g/mol. The van der Waals surface area contributed by atoms with Gasteiger partial charge in [-0.25, -0.2) is 0 Å². The quantitative estimate of drug-likeness (QED) is 0.739. The van der Waals surface area contributed by atoms with Crippen LogP contribution in [-0.2, 0) is 11.6 Å². The van der Waals surface area contributed by atoms with Crippen molar-refractivity contribution in [3.63, 3.8) is 0 Å². The highest BCUT2D eigenvalue weighted by Crippen LogP contribution is 2.34. The van der Waals surface area contributed by atoms with Gasteiger partial charge in [0.05, 0.1) is 11.2 Å². The summed E-state index contributed by atoms with van der Waals surface area (Å²) < 4.78 is 38.1. The van der Waals surface area contributed by atoms with Gasteiger partial charge in [-0.15, -0.1) is 0 Å². The molecule has 1 unspecified atom stereocenters. The molecule has 1 fully saturated rings. The lowest BCUT2D eigenvalue weighted by Gasteiger charge is -2.41. The van der Waals surface area contributed by atoms with E-state index in [9.17, 15) is 18.3 Å². The number of benzene rings is 1. The molecule has 1 atom stereocenters. The van der Waals surface area contributed by atoms with Gasteiger partial charge < -0.3 is 10.0 Å². The van der Waals surface area contributed by atoms with E-state index in [2.05, 4.69) is 25.7 Å². The van der Waals surface area contributed by atoms with Crippen LogP contribution in [0.1, 0.15) is 71.9 Å². The number of alkyl halides is 3. The van der Waals surface area contributed by atoms with Gasteiger partial charge in [0.2, 0.25) is 0 Å².